The van der Waals surface area contributed by atoms with Gasteiger partial charge in [-0.3, -0.25) is 4.79 Å². The van der Waals surface area contributed by atoms with E-state index in [1.54, 1.807) is 6.92 Å². The van der Waals surface area contributed by atoms with Gasteiger partial charge in [-0.25, -0.2) is 16.8 Å². The van der Waals surface area contributed by atoms with Crippen molar-refractivity contribution in [1.29, 1.82) is 0 Å². The van der Waals surface area contributed by atoms with Crippen LogP contribution in [0.15, 0.2) is 0 Å². The summed E-state index contributed by atoms with van der Waals surface area (Å²) in [5, 5.41) is 0. The van der Waals surface area contributed by atoms with Crippen molar-refractivity contribution in [3.8, 4) is 0 Å². The van der Waals surface area contributed by atoms with Crippen LogP contribution < -0.4 is 0 Å². The fourth-order valence-electron chi connectivity index (χ4n) is 3.21. The second-order valence-electron chi connectivity index (χ2n) is 6.50. The number of rotatable bonds is 6. The number of carbonyl (C=O) groups excluding carboxylic acids is 1. The third-order valence-electron chi connectivity index (χ3n) is 4.74. The van der Waals surface area contributed by atoms with E-state index in [1.165, 1.54) is 9.21 Å². The molecule has 0 aliphatic carbocycles. The van der Waals surface area contributed by atoms with Gasteiger partial charge in [-0.05, 0) is 20.4 Å². The molecule has 2 saturated heterocycles. The Morgan fingerprint density at radius 3 is 2.33 bits per heavy atom. The first-order valence-corrected chi connectivity index (χ1v) is 11.7. The van der Waals surface area contributed by atoms with Crippen molar-refractivity contribution in [3.05, 3.63) is 0 Å². The smallest absolute Gasteiger partial charge is 0.223 e. The van der Waals surface area contributed by atoms with Crippen LogP contribution in [0.5, 0.6) is 0 Å². The van der Waals surface area contributed by atoms with Gasteiger partial charge in [0.1, 0.15) is 0 Å². The minimum Gasteiger partial charge on any atom is -0.339 e. The molecular formula is C14H27N3O5S2. The van der Waals surface area contributed by atoms with E-state index < -0.39 is 19.9 Å². The number of likely N-dealkylation sites (N-methyl/N-ethyl adjacent to an activating group) is 1. The van der Waals surface area contributed by atoms with Gasteiger partial charge in [-0.15, -0.1) is 0 Å². The predicted molar refractivity (Wildman–Crippen MR) is 91.9 cm³/mol. The molecule has 2 heterocycles. The van der Waals surface area contributed by atoms with Gasteiger partial charge in [0.25, 0.3) is 0 Å². The maximum Gasteiger partial charge on any atom is 0.223 e. The van der Waals surface area contributed by atoms with Crippen molar-refractivity contribution in [2.24, 2.45) is 0 Å². The van der Waals surface area contributed by atoms with Crippen LogP contribution in [-0.4, -0.2) is 99.9 Å². The number of sulfonamides is 1. The highest BCUT2D eigenvalue weighted by Gasteiger charge is 2.34. The Bertz CT molecular complexity index is 654. The molecule has 140 valence electrons. The molecule has 10 heteroatoms. The summed E-state index contributed by atoms with van der Waals surface area (Å²) in [5.41, 5.74) is 0. The topological polar surface area (TPSA) is 95.1 Å². The maximum atomic E-state index is 12.4. The molecule has 24 heavy (non-hydrogen) atoms. The lowest BCUT2D eigenvalue weighted by atomic mass is 10.2. The number of nitrogens with zero attached hydrogens (tertiary/aromatic N) is 3. The molecule has 2 rings (SSSR count). The number of hydrogen-bond donors (Lipinski definition) is 0. The van der Waals surface area contributed by atoms with Gasteiger partial charge in [0.15, 0.2) is 9.84 Å². The summed E-state index contributed by atoms with van der Waals surface area (Å²) in [5.74, 6) is -0.415. The molecule has 2 aliphatic rings. The lowest BCUT2D eigenvalue weighted by Crippen LogP contribution is -2.48. The number of hydrogen-bond acceptors (Lipinski definition) is 6. The average molecular weight is 382 g/mol. The number of amides is 1. The molecule has 2 fully saturated rings. The van der Waals surface area contributed by atoms with Crippen molar-refractivity contribution in [3.63, 3.8) is 0 Å². The van der Waals surface area contributed by atoms with E-state index >= 15 is 0 Å². The van der Waals surface area contributed by atoms with Crippen LogP contribution in [0.4, 0.5) is 0 Å². The third kappa shape index (κ3) is 4.90. The molecule has 0 saturated carbocycles. The fraction of sp³-hybridized carbons (Fsp3) is 0.929. The molecule has 0 radical (unpaired) electrons. The molecule has 0 aromatic carbocycles. The second-order valence-corrected chi connectivity index (χ2v) is 10.8. The van der Waals surface area contributed by atoms with E-state index in [9.17, 15) is 21.6 Å². The Kier molecular flexibility index (Phi) is 6.27. The van der Waals surface area contributed by atoms with Gasteiger partial charge < -0.3 is 9.80 Å². The van der Waals surface area contributed by atoms with E-state index in [0.717, 1.165) is 0 Å². The van der Waals surface area contributed by atoms with Crippen LogP contribution in [0.1, 0.15) is 19.8 Å². The largest absolute Gasteiger partial charge is 0.339 e. The van der Waals surface area contributed by atoms with E-state index in [4.69, 9.17) is 0 Å². The fourth-order valence-corrected chi connectivity index (χ4v) is 6.36. The molecule has 0 aromatic rings. The third-order valence-corrected chi connectivity index (χ3v) is 8.36. The summed E-state index contributed by atoms with van der Waals surface area (Å²) in [6, 6.07) is -0.321. The first-order valence-electron chi connectivity index (χ1n) is 8.31. The van der Waals surface area contributed by atoms with Crippen molar-refractivity contribution in [2.75, 3.05) is 57.0 Å². The Morgan fingerprint density at radius 2 is 1.83 bits per heavy atom. The van der Waals surface area contributed by atoms with Gasteiger partial charge in [-0.1, -0.05) is 0 Å². The van der Waals surface area contributed by atoms with Crippen LogP contribution >= 0.6 is 0 Å². The highest BCUT2D eigenvalue weighted by atomic mass is 32.2. The molecule has 1 amide bonds. The van der Waals surface area contributed by atoms with E-state index in [1.807, 2.05) is 7.05 Å². The van der Waals surface area contributed by atoms with Crippen LogP contribution in [0.3, 0.4) is 0 Å². The zero-order valence-electron chi connectivity index (χ0n) is 14.3. The van der Waals surface area contributed by atoms with Gasteiger partial charge in [0.05, 0.1) is 17.3 Å². The summed E-state index contributed by atoms with van der Waals surface area (Å²) in [4.78, 5) is 16.0. The molecule has 8 nitrogen and oxygen atoms in total. The first kappa shape index (κ1) is 19.6. The van der Waals surface area contributed by atoms with E-state index in [2.05, 4.69) is 4.90 Å². The summed E-state index contributed by atoms with van der Waals surface area (Å²) in [6.45, 7) is 4.46. The summed E-state index contributed by atoms with van der Waals surface area (Å²) in [6.07, 6.45) is 0.339. The average Bonchev–Trinajstić information content (AvgIpc) is 2.86. The van der Waals surface area contributed by atoms with Gasteiger partial charge in [-0.2, -0.15) is 4.31 Å². The number of sulfone groups is 1. The van der Waals surface area contributed by atoms with Crippen molar-refractivity contribution >= 4 is 25.8 Å². The molecule has 1 atom stereocenters. The molecule has 0 bridgehead atoms. The van der Waals surface area contributed by atoms with Crippen molar-refractivity contribution in [2.45, 2.75) is 25.8 Å². The highest BCUT2D eigenvalue weighted by molar-refractivity contribution is 7.91. The Labute approximate surface area is 144 Å². The molecule has 1 unspecified atom stereocenters. The zero-order chi connectivity index (χ0) is 18.0. The predicted octanol–water partition coefficient (Wildman–Crippen LogP) is -1.01. The Hall–Kier alpha value is -0.710. The molecular weight excluding hydrogens is 354 g/mol. The minimum absolute atomic E-state index is 0.0161. The van der Waals surface area contributed by atoms with Crippen molar-refractivity contribution in [1.82, 2.24) is 14.1 Å². The normalized spacial score (nSPS) is 25.7. The summed E-state index contributed by atoms with van der Waals surface area (Å²) >= 11 is 0. The summed E-state index contributed by atoms with van der Waals surface area (Å²) < 4.78 is 49.4. The Balaban J connectivity index is 1.91. The van der Waals surface area contributed by atoms with Crippen LogP contribution in [-0.2, 0) is 24.7 Å². The van der Waals surface area contributed by atoms with Crippen LogP contribution in [0.2, 0.25) is 0 Å². The molecule has 0 aromatic heterocycles. The maximum absolute atomic E-state index is 12.4. The van der Waals surface area contributed by atoms with Crippen LogP contribution in [0.25, 0.3) is 0 Å². The quantitative estimate of drug-likeness (QED) is 0.585. The number of piperazine rings is 1. The van der Waals surface area contributed by atoms with E-state index in [-0.39, 0.29) is 35.6 Å². The van der Waals surface area contributed by atoms with Crippen molar-refractivity contribution < 1.29 is 21.6 Å². The molecule has 0 N–H and O–H groups in total. The minimum atomic E-state index is -3.45. The number of carbonyl (C=O) groups is 1. The summed E-state index contributed by atoms with van der Waals surface area (Å²) in [7, 11) is -4.58. The SMILES string of the molecule is CCN(C(=O)CCS(=O)(=O)N1CCN(C)CC1)C1CCS(=O)(=O)C1. The highest BCUT2D eigenvalue weighted by Crippen LogP contribution is 2.19. The van der Waals surface area contributed by atoms with Crippen LogP contribution in [0, 0.1) is 0 Å². The zero-order valence-corrected chi connectivity index (χ0v) is 16.0. The monoisotopic (exact) mass is 381 g/mol. The second kappa shape index (κ2) is 7.67. The molecule has 2 aliphatic heterocycles. The van der Waals surface area contributed by atoms with Gasteiger partial charge in [0, 0.05) is 45.2 Å². The van der Waals surface area contributed by atoms with E-state index in [0.29, 0.717) is 39.1 Å². The standard InChI is InChI=1S/C14H27N3O5S2/c1-3-17(13-4-10-23(19,20)12-13)14(18)5-11-24(21,22)16-8-6-15(2)7-9-16/h13H,3-12H2,1-2H3. The lowest BCUT2D eigenvalue weighted by molar-refractivity contribution is -0.132. The van der Waals surface area contributed by atoms with Gasteiger partial charge >= 0.3 is 0 Å². The Morgan fingerprint density at radius 1 is 1.21 bits per heavy atom. The first-order chi connectivity index (χ1) is 11.1. The molecule has 0 spiro atoms. The van der Waals surface area contributed by atoms with Gasteiger partial charge in [0.2, 0.25) is 15.9 Å². The lowest BCUT2D eigenvalue weighted by Gasteiger charge is -2.32.